The van der Waals surface area contributed by atoms with Crippen molar-refractivity contribution in [1.82, 2.24) is 14.8 Å². The summed E-state index contributed by atoms with van der Waals surface area (Å²) >= 11 is 9.41. The van der Waals surface area contributed by atoms with Crippen LogP contribution in [0.3, 0.4) is 0 Å². The van der Waals surface area contributed by atoms with Crippen molar-refractivity contribution in [2.45, 2.75) is 0 Å². The third kappa shape index (κ3) is 2.13. The zero-order valence-electron chi connectivity index (χ0n) is 10.5. The van der Waals surface area contributed by atoms with E-state index in [4.69, 9.17) is 11.6 Å². The average molecular weight is 351 g/mol. The van der Waals surface area contributed by atoms with E-state index in [2.05, 4.69) is 26.0 Å². The minimum atomic E-state index is -0.257. The van der Waals surface area contributed by atoms with E-state index in [1.165, 1.54) is 10.9 Å². The summed E-state index contributed by atoms with van der Waals surface area (Å²) in [4.78, 5) is 17.0. The van der Waals surface area contributed by atoms with Gasteiger partial charge in [0, 0.05) is 16.9 Å². The molecule has 0 radical (unpaired) electrons. The lowest BCUT2D eigenvalue weighted by atomic mass is 10.1. The number of hydrogen-bond acceptors (Lipinski definition) is 3. The van der Waals surface area contributed by atoms with E-state index in [9.17, 15) is 4.79 Å². The largest absolute Gasteiger partial charge is 0.285 e. The van der Waals surface area contributed by atoms with Gasteiger partial charge in [-0.3, -0.25) is 9.48 Å². The topological polar surface area (TPSA) is 47.8 Å². The zero-order valence-corrected chi connectivity index (χ0v) is 12.8. The second-order valence-electron chi connectivity index (χ2n) is 4.31. The number of aryl methyl sites for hydroxylation is 1. The Bertz CT molecular complexity index is 809. The molecule has 0 aliphatic carbocycles. The first-order valence-corrected chi connectivity index (χ1v) is 7.02. The van der Waals surface area contributed by atoms with Crippen molar-refractivity contribution in [3.05, 3.63) is 57.4 Å². The maximum absolute atomic E-state index is 12.6. The van der Waals surface area contributed by atoms with Gasteiger partial charge >= 0.3 is 0 Å². The molecule has 0 saturated carbocycles. The van der Waals surface area contributed by atoms with Crippen LogP contribution in [0.25, 0.3) is 10.9 Å². The Balaban J connectivity index is 2.19. The number of carbonyl (C=O) groups excluding carboxylic acids is 1. The summed E-state index contributed by atoms with van der Waals surface area (Å²) in [5.41, 5.74) is 1.42. The third-order valence-corrected chi connectivity index (χ3v) is 3.88. The number of para-hydroxylation sites is 1. The Morgan fingerprint density at radius 3 is 2.80 bits per heavy atom. The number of rotatable bonds is 2. The fraction of sp³-hybridized carbons (Fsp3) is 0.0714. The maximum Gasteiger partial charge on any atom is 0.232 e. The average Bonchev–Trinajstić information content (AvgIpc) is 2.76. The monoisotopic (exact) mass is 349 g/mol. The molecular weight excluding hydrogens is 342 g/mol. The predicted molar refractivity (Wildman–Crippen MR) is 81.1 cm³/mol. The van der Waals surface area contributed by atoms with E-state index in [1.807, 2.05) is 30.3 Å². The van der Waals surface area contributed by atoms with Crippen LogP contribution in [-0.4, -0.2) is 20.5 Å². The van der Waals surface area contributed by atoms with Crippen molar-refractivity contribution in [3.63, 3.8) is 0 Å². The Labute approximate surface area is 128 Å². The normalized spacial score (nSPS) is 10.9. The first kappa shape index (κ1) is 13.3. The molecule has 100 valence electrons. The Kier molecular flexibility index (Phi) is 3.31. The summed E-state index contributed by atoms with van der Waals surface area (Å²) in [5, 5.41) is 5.26. The fourth-order valence-corrected chi connectivity index (χ4v) is 2.79. The first-order valence-electron chi connectivity index (χ1n) is 5.85. The molecule has 0 aliphatic rings. The molecule has 4 nitrogen and oxygen atoms in total. The Hall–Kier alpha value is -1.72. The number of ketones is 1. The number of benzene rings is 1. The molecule has 0 spiro atoms. The van der Waals surface area contributed by atoms with Crippen LogP contribution in [0.4, 0.5) is 0 Å². The number of fused-ring (bicyclic) bond motifs is 1. The molecule has 1 aromatic carbocycles. The number of hydrogen-bond donors (Lipinski definition) is 0. The molecule has 2 heterocycles. The highest BCUT2D eigenvalue weighted by Gasteiger charge is 2.21. The quantitative estimate of drug-likeness (QED) is 0.663. The second-order valence-corrected chi connectivity index (χ2v) is 5.57. The summed E-state index contributed by atoms with van der Waals surface area (Å²) in [6, 6.07) is 9.49. The van der Waals surface area contributed by atoms with Crippen molar-refractivity contribution in [1.29, 1.82) is 0 Å². The highest BCUT2D eigenvalue weighted by molar-refractivity contribution is 9.10. The van der Waals surface area contributed by atoms with Crippen LogP contribution in [0.5, 0.6) is 0 Å². The molecule has 0 saturated heterocycles. The molecule has 0 unspecified atom stereocenters. The van der Waals surface area contributed by atoms with Crippen molar-refractivity contribution < 1.29 is 4.79 Å². The van der Waals surface area contributed by atoms with Crippen LogP contribution in [0.1, 0.15) is 16.2 Å². The summed E-state index contributed by atoms with van der Waals surface area (Å²) in [7, 11) is 1.67. The second kappa shape index (κ2) is 5.00. The molecule has 3 aromatic rings. The Morgan fingerprint density at radius 2 is 2.10 bits per heavy atom. The van der Waals surface area contributed by atoms with Gasteiger partial charge in [0.15, 0.2) is 0 Å². The molecule has 2 aromatic heterocycles. The standard InChI is InChI=1S/C14H9BrClN3O/c1-19-13(10(16)7-17-19)14(20)12-9(15)6-8-4-2-3-5-11(8)18-12/h2-7H,1H3. The van der Waals surface area contributed by atoms with Gasteiger partial charge in [0.25, 0.3) is 0 Å². The van der Waals surface area contributed by atoms with E-state index in [0.717, 1.165) is 10.9 Å². The minimum absolute atomic E-state index is 0.257. The maximum atomic E-state index is 12.6. The lowest BCUT2D eigenvalue weighted by Gasteiger charge is -2.06. The van der Waals surface area contributed by atoms with E-state index in [0.29, 0.717) is 20.9 Å². The van der Waals surface area contributed by atoms with Crippen molar-refractivity contribution in [2.24, 2.45) is 7.05 Å². The van der Waals surface area contributed by atoms with E-state index >= 15 is 0 Å². The summed E-state index contributed by atoms with van der Waals surface area (Å²) in [6.45, 7) is 0. The molecule has 0 atom stereocenters. The van der Waals surface area contributed by atoms with Crippen LogP contribution in [0.2, 0.25) is 5.02 Å². The van der Waals surface area contributed by atoms with Gasteiger partial charge in [0.2, 0.25) is 5.78 Å². The molecular formula is C14H9BrClN3O. The van der Waals surface area contributed by atoms with Crippen LogP contribution in [0, 0.1) is 0 Å². The highest BCUT2D eigenvalue weighted by Crippen LogP contribution is 2.25. The lowest BCUT2D eigenvalue weighted by Crippen LogP contribution is -2.11. The van der Waals surface area contributed by atoms with Crippen LogP contribution >= 0.6 is 27.5 Å². The molecule has 20 heavy (non-hydrogen) atoms. The van der Waals surface area contributed by atoms with E-state index < -0.39 is 0 Å². The van der Waals surface area contributed by atoms with Gasteiger partial charge in [-0.05, 0) is 28.1 Å². The molecule has 0 bridgehead atoms. The molecule has 0 aliphatic heterocycles. The van der Waals surface area contributed by atoms with Crippen molar-refractivity contribution in [2.75, 3.05) is 0 Å². The van der Waals surface area contributed by atoms with E-state index in [-0.39, 0.29) is 5.78 Å². The highest BCUT2D eigenvalue weighted by atomic mass is 79.9. The summed E-state index contributed by atoms with van der Waals surface area (Å²) in [6.07, 6.45) is 1.45. The van der Waals surface area contributed by atoms with Crippen LogP contribution in [-0.2, 0) is 7.05 Å². The number of halogens is 2. The molecule has 3 rings (SSSR count). The van der Waals surface area contributed by atoms with Gasteiger partial charge < -0.3 is 0 Å². The predicted octanol–water partition coefficient (Wildman–Crippen LogP) is 3.62. The number of nitrogens with zero attached hydrogens (tertiary/aromatic N) is 3. The van der Waals surface area contributed by atoms with Crippen LogP contribution in [0.15, 0.2) is 41.0 Å². The van der Waals surface area contributed by atoms with Gasteiger partial charge in [-0.25, -0.2) is 4.98 Å². The smallest absolute Gasteiger partial charge is 0.232 e. The number of carbonyl (C=O) groups is 1. The minimum Gasteiger partial charge on any atom is -0.285 e. The fourth-order valence-electron chi connectivity index (χ4n) is 2.03. The first-order chi connectivity index (χ1) is 9.58. The Morgan fingerprint density at radius 1 is 1.35 bits per heavy atom. The molecule has 6 heteroatoms. The van der Waals surface area contributed by atoms with Gasteiger partial charge in [0.1, 0.15) is 11.4 Å². The summed E-state index contributed by atoms with van der Waals surface area (Å²) in [5.74, 6) is -0.257. The van der Waals surface area contributed by atoms with Gasteiger partial charge in [-0.2, -0.15) is 5.10 Å². The zero-order chi connectivity index (χ0) is 14.3. The molecule has 0 fully saturated rings. The van der Waals surface area contributed by atoms with Gasteiger partial charge in [-0.15, -0.1) is 0 Å². The molecule has 0 amide bonds. The SMILES string of the molecule is Cn1ncc(Cl)c1C(=O)c1nc2ccccc2cc1Br. The number of aromatic nitrogens is 3. The lowest BCUT2D eigenvalue weighted by molar-refractivity contribution is 0.102. The van der Waals surface area contributed by atoms with Crippen molar-refractivity contribution >= 4 is 44.2 Å². The number of pyridine rings is 1. The van der Waals surface area contributed by atoms with Gasteiger partial charge in [-0.1, -0.05) is 29.8 Å². The van der Waals surface area contributed by atoms with Crippen LogP contribution < -0.4 is 0 Å². The van der Waals surface area contributed by atoms with E-state index in [1.54, 1.807) is 7.05 Å². The third-order valence-electron chi connectivity index (χ3n) is 3.00. The molecule has 0 N–H and O–H groups in total. The van der Waals surface area contributed by atoms with Gasteiger partial charge in [0.05, 0.1) is 16.7 Å². The van der Waals surface area contributed by atoms with Crippen molar-refractivity contribution in [3.8, 4) is 0 Å². The summed E-state index contributed by atoms with van der Waals surface area (Å²) < 4.78 is 2.09.